The van der Waals surface area contributed by atoms with Crippen LogP contribution in [0.4, 0.5) is 0 Å². The zero-order valence-electron chi connectivity index (χ0n) is 11.2. The van der Waals surface area contributed by atoms with Crippen LogP contribution < -0.4 is 0 Å². The molecule has 0 amide bonds. The summed E-state index contributed by atoms with van der Waals surface area (Å²) in [5.74, 6) is -0.588. The lowest BCUT2D eigenvalue weighted by molar-refractivity contribution is -0.139. The normalized spacial score (nSPS) is 16.1. The number of hydrogen-bond donors (Lipinski definition) is 1. The summed E-state index contributed by atoms with van der Waals surface area (Å²) in [5, 5.41) is 17.3. The first-order valence-electron chi connectivity index (χ1n) is 6.75. The maximum absolute atomic E-state index is 11.4. The van der Waals surface area contributed by atoms with Crippen molar-refractivity contribution >= 4 is 5.97 Å². The molecule has 0 saturated heterocycles. The van der Waals surface area contributed by atoms with E-state index in [1.165, 1.54) is 0 Å². The van der Waals surface area contributed by atoms with Gasteiger partial charge in [-0.15, -0.1) is 10.2 Å². The van der Waals surface area contributed by atoms with Gasteiger partial charge in [0.15, 0.2) is 0 Å². The first kappa shape index (κ1) is 12.8. The Labute approximate surface area is 116 Å². The molecule has 2 aromatic rings. The summed E-state index contributed by atoms with van der Waals surface area (Å²) in [4.78, 5) is 11.4. The van der Waals surface area contributed by atoms with Crippen molar-refractivity contribution in [2.75, 3.05) is 0 Å². The third-order valence-corrected chi connectivity index (χ3v) is 3.54. The summed E-state index contributed by atoms with van der Waals surface area (Å²) in [6, 6.07) is 7.81. The molecule has 3 rings (SSSR count). The van der Waals surface area contributed by atoms with Gasteiger partial charge in [0, 0.05) is 5.92 Å². The third kappa shape index (κ3) is 2.71. The molecule has 1 aromatic heterocycles. The van der Waals surface area contributed by atoms with Crippen LogP contribution in [0.1, 0.15) is 47.6 Å². The standard InChI is InChI=1S/C15H16N2O3/c1-9-2-4-10(5-3-9)8-12(15(18)19)14-17-16-13(20-14)11-6-7-11/h2-5,11-12H,6-8H2,1H3,(H,18,19). The monoisotopic (exact) mass is 272 g/mol. The predicted octanol–water partition coefficient (Wildman–Crippen LogP) is 2.67. The molecule has 1 heterocycles. The molecule has 1 atom stereocenters. The lowest BCUT2D eigenvalue weighted by Gasteiger charge is -2.08. The van der Waals surface area contributed by atoms with E-state index in [4.69, 9.17) is 4.42 Å². The first-order valence-corrected chi connectivity index (χ1v) is 6.75. The summed E-state index contributed by atoms with van der Waals surface area (Å²) in [7, 11) is 0. The zero-order chi connectivity index (χ0) is 14.1. The van der Waals surface area contributed by atoms with E-state index in [1.54, 1.807) is 0 Å². The summed E-state index contributed by atoms with van der Waals surface area (Å²) >= 11 is 0. The number of nitrogens with zero attached hydrogens (tertiary/aromatic N) is 2. The number of rotatable bonds is 5. The molecule has 0 radical (unpaired) electrons. The van der Waals surface area contributed by atoms with E-state index >= 15 is 0 Å². The molecule has 104 valence electrons. The molecular weight excluding hydrogens is 256 g/mol. The molecule has 1 aromatic carbocycles. The van der Waals surface area contributed by atoms with Crippen LogP contribution in [0.3, 0.4) is 0 Å². The van der Waals surface area contributed by atoms with Crippen molar-refractivity contribution in [3.8, 4) is 0 Å². The van der Waals surface area contributed by atoms with Crippen LogP contribution in [0.2, 0.25) is 0 Å². The van der Waals surface area contributed by atoms with E-state index in [2.05, 4.69) is 10.2 Å². The van der Waals surface area contributed by atoms with Crippen molar-refractivity contribution in [1.82, 2.24) is 10.2 Å². The number of carbonyl (C=O) groups is 1. The van der Waals surface area contributed by atoms with Gasteiger partial charge in [-0.1, -0.05) is 29.8 Å². The predicted molar refractivity (Wildman–Crippen MR) is 71.5 cm³/mol. The first-order chi connectivity index (χ1) is 9.63. The Morgan fingerprint density at radius 2 is 2.05 bits per heavy atom. The largest absolute Gasteiger partial charge is 0.481 e. The maximum Gasteiger partial charge on any atom is 0.316 e. The Morgan fingerprint density at radius 1 is 1.35 bits per heavy atom. The zero-order valence-corrected chi connectivity index (χ0v) is 11.2. The van der Waals surface area contributed by atoms with E-state index in [0.29, 0.717) is 18.2 Å². The Hall–Kier alpha value is -2.17. The van der Waals surface area contributed by atoms with Gasteiger partial charge in [0.25, 0.3) is 0 Å². The van der Waals surface area contributed by atoms with Gasteiger partial charge >= 0.3 is 5.97 Å². The van der Waals surface area contributed by atoms with Gasteiger partial charge < -0.3 is 9.52 Å². The molecule has 0 aliphatic heterocycles. The molecule has 20 heavy (non-hydrogen) atoms. The quantitative estimate of drug-likeness (QED) is 0.905. The number of aryl methyl sites for hydroxylation is 1. The van der Waals surface area contributed by atoms with Gasteiger partial charge in [0.2, 0.25) is 11.8 Å². The fraction of sp³-hybridized carbons (Fsp3) is 0.400. The van der Waals surface area contributed by atoms with Gasteiger partial charge in [-0.3, -0.25) is 4.79 Å². The molecule has 1 N–H and O–H groups in total. The van der Waals surface area contributed by atoms with Crippen molar-refractivity contribution < 1.29 is 14.3 Å². The minimum Gasteiger partial charge on any atom is -0.481 e. The van der Waals surface area contributed by atoms with Gasteiger partial charge in [-0.05, 0) is 31.7 Å². The average molecular weight is 272 g/mol. The molecule has 1 fully saturated rings. The summed E-state index contributed by atoms with van der Waals surface area (Å²) in [6.07, 6.45) is 2.47. The average Bonchev–Trinajstić information content (AvgIpc) is 3.16. The highest BCUT2D eigenvalue weighted by atomic mass is 16.4. The van der Waals surface area contributed by atoms with Crippen molar-refractivity contribution in [2.45, 2.75) is 38.0 Å². The Morgan fingerprint density at radius 3 is 2.65 bits per heavy atom. The van der Waals surface area contributed by atoms with Gasteiger partial charge in [-0.2, -0.15) is 0 Å². The summed E-state index contributed by atoms with van der Waals surface area (Å²) < 4.78 is 5.52. The van der Waals surface area contributed by atoms with Crippen LogP contribution >= 0.6 is 0 Å². The topological polar surface area (TPSA) is 76.2 Å². The van der Waals surface area contributed by atoms with Crippen molar-refractivity contribution in [1.29, 1.82) is 0 Å². The molecule has 1 aliphatic rings. The lowest BCUT2D eigenvalue weighted by atomic mass is 9.99. The van der Waals surface area contributed by atoms with Crippen LogP contribution in [-0.4, -0.2) is 21.3 Å². The van der Waals surface area contributed by atoms with E-state index in [-0.39, 0.29) is 5.89 Å². The molecule has 5 nitrogen and oxygen atoms in total. The smallest absolute Gasteiger partial charge is 0.316 e. The second-order valence-electron chi connectivity index (χ2n) is 5.33. The second kappa shape index (κ2) is 5.07. The van der Waals surface area contributed by atoms with Crippen molar-refractivity contribution in [2.24, 2.45) is 0 Å². The summed E-state index contributed by atoms with van der Waals surface area (Å²) in [6.45, 7) is 2.00. The molecule has 1 saturated carbocycles. The van der Waals surface area contributed by atoms with Crippen molar-refractivity contribution in [3.05, 3.63) is 47.2 Å². The Bertz CT molecular complexity index is 614. The van der Waals surface area contributed by atoms with E-state index < -0.39 is 11.9 Å². The fourth-order valence-electron chi connectivity index (χ4n) is 2.12. The third-order valence-electron chi connectivity index (χ3n) is 3.54. The highest BCUT2D eigenvalue weighted by Crippen LogP contribution is 2.39. The number of carboxylic acid groups (broad SMARTS) is 1. The van der Waals surface area contributed by atoms with Crippen LogP contribution in [0.15, 0.2) is 28.7 Å². The van der Waals surface area contributed by atoms with Crippen LogP contribution in [0, 0.1) is 6.92 Å². The van der Waals surface area contributed by atoms with Gasteiger partial charge in [0.05, 0.1) is 0 Å². The number of carboxylic acids is 1. The molecule has 1 aliphatic carbocycles. The van der Waals surface area contributed by atoms with E-state index in [9.17, 15) is 9.90 Å². The molecule has 5 heteroatoms. The van der Waals surface area contributed by atoms with Gasteiger partial charge in [0.1, 0.15) is 5.92 Å². The molecule has 0 bridgehead atoms. The highest BCUT2D eigenvalue weighted by Gasteiger charge is 2.32. The number of hydrogen-bond acceptors (Lipinski definition) is 4. The fourth-order valence-corrected chi connectivity index (χ4v) is 2.12. The number of aliphatic carboxylic acids is 1. The SMILES string of the molecule is Cc1ccc(CC(C(=O)O)c2nnc(C3CC3)o2)cc1. The molecular formula is C15H16N2O3. The van der Waals surface area contributed by atoms with E-state index in [1.807, 2.05) is 31.2 Å². The second-order valence-corrected chi connectivity index (χ2v) is 5.33. The minimum atomic E-state index is -0.934. The number of aromatic nitrogens is 2. The maximum atomic E-state index is 11.4. The molecule has 1 unspecified atom stereocenters. The Kier molecular flexibility index (Phi) is 3.26. The van der Waals surface area contributed by atoms with E-state index in [0.717, 1.165) is 24.0 Å². The van der Waals surface area contributed by atoms with Crippen molar-refractivity contribution in [3.63, 3.8) is 0 Å². The van der Waals surface area contributed by atoms with Crippen LogP contribution in [0.5, 0.6) is 0 Å². The minimum absolute atomic E-state index is 0.208. The number of benzene rings is 1. The summed E-state index contributed by atoms with van der Waals surface area (Å²) in [5.41, 5.74) is 2.10. The van der Waals surface area contributed by atoms with Crippen LogP contribution in [-0.2, 0) is 11.2 Å². The molecule has 0 spiro atoms. The lowest BCUT2D eigenvalue weighted by Crippen LogP contribution is -2.15. The Balaban J connectivity index is 1.80. The highest BCUT2D eigenvalue weighted by molar-refractivity contribution is 5.75. The van der Waals surface area contributed by atoms with Crippen LogP contribution in [0.25, 0.3) is 0 Å². The van der Waals surface area contributed by atoms with Gasteiger partial charge in [-0.25, -0.2) is 0 Å².